The largest absolute Gasteiger partial charge is 0.375 e. The molecule has 0 fully saturated rings. The molecule has 2 nitrogen and oxygen atoms in total. The summed E-state index contributed by atoms with van der Waals surface area (Å²) >= 11 is 1.61. The highest BCUT2D eigenvalue weighted by molar-refractivity contribution is 7.15. The van der Waals surface area contributed by atoms with Crippen LogP contribution < -0.4 is 5.73 Å². The normalized spacial score (nSPS) is 10.8. The molecule has 0 radical (unpaired) electrons. The lowest BCUT2D eigenvalue weighted by molar-refractivity contribution is 0.938. The molecule has 0 saturated carbocycles. The van der Waals surface area contributed by atoms with Crippen molar-refractivity contribution in [3.63, 3.8) is 0 Å². The molecule has 2 aromatic rings. The molecule has 3 heteroatoms. The predicted molar refractivity (Wildman–Crippen MR) is 75.4 cm³/mol. The van der Waals surface area contributed by atoms with Gasteiger partial charge >= 0.3 is 0 Å². The van der Waals surface area contributed by atoms with E-state index in [4.69, 9.17) is 5.73 Å². The van der Waals surface area contributed by atoms with Crippen molar-refractivity contribution in [2.75, 3.05) is 5.73 Å². The number of hydrogen-bond acceptors (Lipinski definition) is 3. The fraction of sp³-hybridized carbons (Fsp3) is 0.357. The van der Waals surface area contributed by atoms with Crippen molar-refractivity contribution in [1.29, 1.82) is 0 Å². The minimum atomic E-state index is 0.668. The van der Waals surface area contributed by atoms with Crippen LogP contribution in [0.5, 0.6) is 0 Å². The van der Waals surface area contributed by atoms with Gasteiger partial charge in [0.2, 0.25) is 0 Å². The Morgan fingerprint density at radius 2 is 2.00 bits per heavy atom. The molecule has 17 heavy (non-hydrogen) atoms. The highest BCUT2D eigenvalue weighted by atomic mass is 32.1. The Labute approximate surface area is 107 Å². The fourth-order valence-corrected chi connectivity index (χ4v) is 2.84. The van der Waals surface area contributed by atoms with Crippen molar-refractivity contribution in [2.45, 2.75) is 33.6 Å². The van der Waals surface area contributed by atoms with Crippen LogP contribution >= 0.6 is 11.3 Å². The molecule has 90 valence electrons. The minimum Gasteiger partial charge on any atom is -0.375 e. The van der Waals surface area contributed by atoms with Crippen LogP contribution in [0.15, 0.2) is 18.2 Å². The van der Waals surface area contributed by atoms with Crippen molar-refractivity contribution in [3.05, 3.63) is 34.2 Å². The number of anilines is 1. The van der Waals surface area contributed by atoms with Gasteiger partial charge < -0.3 is 5.73 Å². The zero-order chi connectivity index (χ0) is 12.4. The van der Waals surface area contributed by atoms with Crippen LogP contribution in [0.3, 0.4) is 0 Å². The monoisotopic (exact) mass is 246 g/mol. The fourth-order valence-electron chi connectivity index (χ4n) is 1.88. The molecule has 0 aliphatic heterocycles. The Morgan fingerprint density at radius 3 is 2.65 bits per heavy atom. The molecule has 0 atom stereocenters. The molecule has 1 aromatic heterocycles. The lowest BCUT2D eigenvalue weighted by Crippen LogP contribution is -1.88. The highest BCUT2D eigenvalue weighted by Crippen LogP contribution is 2.31. The van der Waals surface area contributed by atoms with E-state index in [0.717, 1.165) is 18.5 Å². The van der Waals surface area contributed by atoms with E-state index in [1.54, 1.807) is 11.3 Å². The third-order valence-corrected chi connectivity index (χ3v) is 3.92. The van der Waals surface area contributed by atoms with Gasteiger partial charge in [0.25, 0.3) is 0 Å². The van der Waals surface area contributed by atoms with Crippen molar-refractivity contribution in [3.8, 4) is 11.3 Å². The summed E-state index contributed by atoms with van der Waals surface area (Å²) in [5, 5.41) is 0.668. The zero-order valence-electron chi connectivity index (χ0n) is 10.6. The van der Waals surface area contributed by atoms with Gasteiger partial charge in [-0.3, -0.25) is 0 Å². The first kappa shape index (κ1) is 12.1. The number of aromatic nitrogens is 1. The summed E-state index contributed by atoms with van der Waals surface area (Å²) in [6.07, 6.45) is 2.18. The number of nitrogens with zero attached hydrogens (tertiary/aromatic N) is 1. The molecule has 0 amide bonds. The maximum atomic E-state index is 5.82. The standard InChI is InChI=1S/C14H18N2S/c1-4-5-12-13(16-14(15)17-12)11-7-6-9(2)10(3)8-11/h6-8H,4-5H2,1-3H3,(H2,15,16). The van der Waals surface area contributed by atoms with Crippen LogP contribution in [0.2, 0.25) is 0 Å². The van der Waals surface area contributed by atoms with Gasteiger partial charge in [-0.1, -0.05) is 25.5 Å². The molecule has 0 aliphatic carbocycles. The van der Waals surface area contributed by atoms with Gasteiger partial charge in [0, 0.05) is 10.4 Å². The average Bonchev–Trinajstić information content (AvgIpc) is 2.64. The maximum Gasteiger partial charge on any atom is 0.180 e. The number of nitrogen functional groups attached to an aromatic ring is 1. The first-order chi connectivity index (χ1) is 8.11. The predicted octanol–water partition coefficient (Wildman–Crippen LogP) is 3.96. The third-order valence-electron chi connectivity index (χ3n) is 2.97. The number of thiazole rings is 1. The smallest absolute Gasteiger partial charge is 0.180 e. The van der Waals surface area contributed by atoms with Crippen molar-refractivity contribution >= 4 is 16.5 Å². The first-order valence-corrected chi connectivity index (χ1v) is 6.76. The molecule has 2 N–H and O–H groups in total. The molecule has 0 bridgehead atoms. The summed E-state index contributed by atoms with van der Waals surface area (Å²) in [7, 11) is 0. The summed E-state index contributed by atoms with van der Waals surface area (Å²) in [5.41, 5.74) is 10.7. The third kappa shape index (κ3) is 2.50. The van der Waals surface area contributed by atoms with E-state index in [-0.39, 0.29) is 0 Å². The van der Waals surface area contributed by atoms with E-state index in [9.17, 15) is 0 Å². The van der Waals surface area contributed by atoms with E-state index in [2.05, 4.69) is 44.0 Å². The highest BCUT2D eigenvalue weighted by Gasteiger charge is 2.11. The molecule has 2 rings (SSSR count). The summed E-state index contributed by atoms with van der Waals surface area (Å²) in [6, 6.07) is 6.48. The van der Waals surface area contributed by atoms with E-state index in [1.807, 2.05) is 0 Å². The molecule has 0 saturated heterocycles. The van der Waals surface area contributed by atoms with Gasteiger partial charge in [-0.05, 0) is 37.5 Å². The quantitative estimate of drug-likeness (QED) is 0.890. The van der Waals surface area contributed by atoms with Crippen LogP contribution in [0.4, 0.5) is 5.13 Å². The van der Waals surface area contributed by atoms with Crippen LogP contribution in [0.25, 0.3) is 11.3 Å². The summed E-state index contributed by atoms with van der Waals surface area (Å²) in [4.78, 5) is 5.77. The molecular formula is C14H18N2S. The molecule has 0 aliphatic rings. The Hall–Kier alpha value is -1.35. The molecule has 1 heterocycles. The summed E-state index contributed by atoms with van der Waals surface area (Å²) in [5.74, 6) is 0. The molecule has 1 aromatic carbocycles. The number of aryl methyl sites for hydroxylation is 3. The second-order valence-electron chi connectivity index (χ2n) is 4.37. The number of benzene rings is 1. The van der Waals surface area contributed by atoms with Gasteiger partial charge in [-0.25, -0.2) is 4.98 Å². The van der Waals surface area contributed by atoms with Crippen LogP contribution in [0, 0.1) is 13.8 Å². The van der Waals surface area contributed by atoms with Crippen molar-refractivity contribution < 1.29 is 0 Å². The Kier molecular flexibility index (Phi) is 3.48. The number of hydrogen-bond donors (Lipinski definition) is 1. The van der Waals surface area contributed by atoms with Gasteiger partial charge in [-0.15, -0.1) is 11.3 Å². The average molecular weight is 246 g/mol. The van der Waals surface area contributed by atoms with Crippen LogP contribution in [-0.4, -0.2) is 4.98 Å². The lowest BCUT2D eigenvalue weighted by Gasteiger charge is -2.05. The van der Waals surface area contributed by atoms with E-state index < -0.39 is 0 Å². The van der Waals surface area contributed by atoms with Gasteiger partial charge in [0.1, 0.15) is 0 Å². The number of nitrogens with two attached hydrogens (primary N) is 1. The van der Waals surface area contributed by atoms with Crippen LogP contribution in [-0.2, 0) is 6.42 Å². The van der Waals surface area contributed by atoms with Gasteiger partial charge in [0.05, 0.1) is 5.69 Å². The minimum absolute atomic E-state index is 0.668. The lowest BCUT2D eigenvalue weighted by atomic mass is 10.0. The maximum absolute atomic E-state index is 5.82. The Balaban J connectivity index is 2.47. The van der Waals surface area contributed by atoms with E-state index in [0.29, 0.717) is 5.13 Å². The van der Waals surface area contributed by atoms with Crippen molar-refractivity contribution in [2.24, 2.45) is 0 Å². The van der Waals surface area contributed by atoms with Crippen LogP contribution in [0.1, 0.15) is 29.3 Å². The second kappa shape index (κ2) is 4.88. The molecular weight excluding hydrogens is 228 g/mol. The molecule has 0 unspecified atom stereocenters. The number of rotatable bonds is 3. The first-order valence-electron chi connectivity index (χ1n) is 5.94. The Morgan fingerprint density at radius 1 is 1.24 bits per heavy atom. The van der Waals surface area contributed by atoms with E-state index in [1.165, 1.54) is 21.6 Å². The zero-order valence-corrected chi connectivity index (χ0v) is 11.4. The van der Waals surface area contributed by atoms with Gasteiger partial charge in [0.15, 0.2) is 5.13 Å². The summed E-state index contributed by atoms with van der Waals surface area (Å²) < 4.78 is 0. The van der Waals surface area contributed by atoms with Gasteiger partial charge in [-0.2, -0.15) is 0 Å². The topological polar surface area (TPSA) is 38.9 Å². The Bertz CT molecular complexity index is 529. The van der Waals surface area contributed by atoms with Crippen molar-refractivity contribution in [1.82, 2.24) is 4.98 Å². The summed E-state index contributed by atoms with van der Waals surface area (Å²) in [6.45, 7) is 6.44. The second-order valence-corrected chi connectivity index (χ2v) is 5.49. The molecule has 0 spiro atoms. The van der Waals surface area contributed by atoms with E-state index >= 15 is 0 Å². The SMILES string of the molecule is CCCc1sc(N)nc1-c1ccc(C)c(C)c1.